The lowest BCUT2D eigenvalue weighted by atomic mass is 9.73. The average Bonchev–Trinajstić information content (AvgIpc) is 1.56. The largest absolute Gasteiger partial charge is 0.493 e. The van der Waals surface area contributed by atoms with Gasteiger partial charge in [-0.25, -0.2) is 24.3 Å². The van der Waals surface area contributed by atoms with E-state index in [9.17, 15) is 36.7 Å². The van der Waals surface area contributed by atoms with E-state index in [1.165, 1.54) is 22.3 Å². The van der Waals surface area contributed by atoms with Gasteiger partial charge in [0, 0.05) is 168 Å². The van der Waals surface area contributed by atoms with E-state index in [0.717, 1.165) is 148 Å². The second-order valence-corrected chi connectivity index (χ2v) is 36.1. The molecule has 4 spiro atoms. The zero-order valence-corrected chi connectivity index (χ0v) is 71.1. The maximum absolute atomic E-state index is 13.4. The van der Waals surface area contributed by atoms with Crippen LogP contribution in [0, 0.1) is 33.4 Å². The number of pyridine rings is 1. The van der Waals surface area contributed by atoms with Crippen LogP contribution in [0.5, 0.6) is 5.75 Å². The Kier molecular flexibility index (Phi) is 22.2. The summed E-state index contributed by atoms with van der Waals surface area (Å²) >= 11 is 0. The minimum atomic E-state index is -4.20. The van der Waals surface area contributed by atoms with E-state index in [1.54, 1.807) is 59.4 Å². The number of fused-ring (bicyclic) bond motifs is 5. The molecule has 30 nitrogen and oxygen atoms in total. The Balaban J connectivity index is 0.000000113. The summed E-state index contributed by atoms with van der Waals surface area (Å²) in [6.07, 6.45) is 7.11. The molecule has 0 unspecified atom stereocenters. The Morgan fingerprint density at radius 2 is 0.790 bits per heavy atom. The third-order valence-corrected chi connectivity index (χ3v) is 29.2. The van der Waals surface area contributed by atoms with Gasteiger partial charge in [-0.3, -0.25) is 62.4 Å². The number of alkyl halides is 3. The second kappa shape index (κ2) is 32.7. The van der Waals surface area contributed by atoms with E-state index in [1.807, 2.05) is 67.4 Å². The van der Waals surface area contributed by atoms with Crippen LogP contribution in [0.2, 0.25) is 0 Å². The maximum atomic E-state index is 13.4. The topological polar surface area (TPSA) is 382 Å². The minimum Gasteiger partial charge on any atom is -0.493 e. The Bertz CT molecular complexity index is 5880. The third kappa shape index (κ3) is 14.9. The summed E-state index contributed by atoms with van der Waals surface area (Å²) < 4.78 is 82.6. The van der Waals surface area contributed by atoms with Crippen LogP contribution >= 0.6 is 0 Å². The maximum Gasteiger partial charge on any atom is 0.391 e. The van der Waals surface area contributed by atoms with Crippen molar-refractivity contribution in [1.29, 1.82) is 0 Å². The zero-order chi connectivity index (χ0) is 86.8. The summed E-state index contributed by atoms with van der Waals surface area (Å²) in [7, 11) is 7.03. The first-order valence-electron chi connectivity index (χ1n) is 43.3. The fourth-order valence-corrected chi connectivity index (χ4v) is 21.2. The number of anilines is 5. The van der Waals surface area contributed by atoms with Gasteiger partial charge in [-0.15, -0.1) is 0 Å². The van der Waals surface area contributed by atoms with Crippen molar-refractivity contribution >= 4 is 52.3 Å². The molecule has 0 amide bonds. The van der Waals surface area contributed by atoms with Crippen molar-refractivity contribution in [3.8, 4) is 5.75 Å². The number of benzene rings is 3. The van der Waals surface area contributed by atoms with E-state index < -0.39 is 23.6 Å². The highest BCUT2D eigenvalue weighted by atomic mass is 19.4. The van der Waals surface area contributed by atoms with Gasteiger partial charge >= 0.3 is 6.18 Å². The minimum absolute atomic E-state index is 0.00575. The number of nitrogens with two attached hydrogens (primary N) is 5. The fourth-order valence-electron chi connectivity index (χ4n) is 21.2. The molecular formula is C90H108F4N22O8. The molecule has 0 bridgehead atoms. The number of rotatable bonds is 8. The molecule has 7 saturated heterocycles. The summed E-state index contributed by atoms with van der Waals surface area (Å²) in [4.78, 5) is 103. The number of piperidine rings is 4. The van der Waals surface area contributed by atoms with Gasteiger partial charge in [0.25, 0.3) is 22.2 Å². The molecule has 5 aromatic heterocycles. The fraction of sp³-hybridized carbons (Fsp3) is 0.522. The summed E-state index contributed by atoms with van der Waals surface area (Å²) in [5, 5.41) is 0. The molecule has 654 valence electrons. The lowest BCUT2D eigenvalue weighted by Crippen LogP contribution is -2.51. The van der Waals surface area contributed by atoms with Crippen LogP contribution in [0.25, 0.3) is 0 Å². The standard InChI is InChI=1S/C24H29N5O3.C22H25F3N6O.C22H26FN5O2.C22H28N6O2/c1-14-21(25)24(13-32-14)6-8-29(9-7-24)23-27-17-12-26-20(19(17)22(30)28(23)2)16-3-4-18-15(11-16)5-10-31-18;1-30-19(32)17-15(12-28-18(17)13-2-6-27-7-3-13)29-20(30)31-8-4-21(5-9-31)11-14(10-16(21)26)22(23,24)25;1-13-19(24)22(12-30-13)7-9-28(10-8-22)21-26-16-11-25-18(17(16)20(29)27(21)2)14-3-5-15(23)6-4-14;1-13-19(24)22(12-30-13)6-8-28(9-7-22)21-26-16-11-25-18(17(16)20(29)27(21)2)14-4-3-5-15(23)10-14/h3-4,11,14,21H,5-10,12-13,25H2,1-2H3;2-3,6-7,14,16H,4-5,8-12,26H2,1H3;3-6,13,19H,7-12,24H2,1-2H3;3-5,10,13,19H,6-9,11-12,23-24H2,1-2H3/t14-,21+;14-,16+;2*13-,19+/m0000/s1. The van der Waals surface area contributed by atoms with Crippen molar-refractivity contribution in [3.05, 3.63) is 211 Å². The van der Waals surface area contributed by atoms with E-state index >= 15 is 0 Å². The molecule has 124 heavy (non-hydrogen) atoms. The van der Waals surface area contributed by atoms with Gasteiger partial charge in [0.15, 0.2) is 0 Å². The number of hydrogen-bond acceptors (Lipinski definition) is 26. The molecule has 8 fully saturated rings. The summed E-state index contributed by atoms with van der Waals surface area (Å²) in [6.45, 7) is 16.4. The van der Waals surface area contributed by atoms with Crippen LogP contribution in [0.1, 0.15) is 158 Å². The monoisotopic (exact) mass is 1700 g/mol. The predicted molar refractivity (Wildman–Crippen MR) is 465 cm³/mol. The van der Waals surface area contributed by atoms with Gasteiger partial charge in [-0.05, 0) is 163 Å². The summed E-state index contributed by atoms with van der Waals surface area (Å²) in [5.41, 5.74) is 43.5. The highest BCUT2D eigenvalue weighted by Gasteiger charge is 2.56. The van der Waals surface area contributed by atoms with Gasteiger partial charge in [0.05, 0.1) is 145 Å². The molecular weight excluding hydrogens is 1590 g/mol. The average molecular weight is 1700 g/mol. The molecule has 12 aliphatic heterocycles. The Hall–Kier alpha value is -10.8. The first kappa shape index (κ1) is 84.1. The number of hydrogen-bond donors (Lipinski definition) is 5. The normalized spacial score (nSPS) is 25.0. The van der Waals surface area contributed by atoms with Crippen molar-refractivity contribution in [2.75, 3.05) is 104 Å². The van der Waals surface area contributed by atoms with Crippen molar-refractivity contribution in [2.45, 2.75) is 166 Å². The van der Waals surface area contributed by atoms with Crippen LogP contribution in [0.15, 0.2) is 130 Å². The SMILES string of the molecule is C[C@@H]1OCC2(CCN(c3nc4c(c(=O)n3C)C(c3ccc(F)cc3)=NC4)CC2)[C@@H]1N.C[C@@H]1OCC2(CCN(c3nc4c(c(=O)n3C)C(c3ccc5c(c3)CCO5)=NC4)CC2)[C@@H]1N.C[C@@H]1OCC2(CCN(c3nc4c(c(=O)n3C)C(c3cccc(N)c3)=NC4)CC2)[C@@H]1N.Cn1c(N2CCC3(CC2)C[C@@H](C(F)(F)F)C[C@H]3N)nc2c(c1=O)C(c1ccncc1)=NC2. The van der Waals surface area contributed by atoms with E-state index in [4.69, 9.17) is 72.5 Å². The molecule has 0 radical (unpaired) electrons. The molecule has 8 atom stereocenters. The van der Waals surface area contributed by atoms with Crippen molar-refractivity contribution < 1.29 is 36.5 Å². The Morgan fingerprint density at radius 1 is 0.444 bits per heavy atom. The lowest BCUT2D eigenvalue weighted by molar-refractivity contribution is -0.174. The van der Waals surface area contributed by atoms with Crippen molar-refractivity contribution in [2.24, 2.45) is 98.7 Å². The number of aromatic nitrogens is 9. The molecule has 1 saturated carbocycles. The molecule has 21 rings (SSSR count). The number of nitrogen functional groups attached to an aromatic ring is 1. The van der Waals surface area contributed by atoms with E-state index in [-0.39, 0.29) is 93.6 Å². The summed E-state index contributed by atoms with van der Waals surface area (Å²) in [6, 6.07) is 22.9. The first-order chi connectivity index (χ1) is 59.4. The molecule has 1 aliphatic carbocycles. The molecule has 34 heteroatoms. The van der Waals surface area contributed by atoms with Crippen LogP contribution in [0.3, 0.4) is 0 Å². The van der Waals surface area contributed by atoms with Crippen LogP contribution in [0.4, 0.5) is 47.0 Å². The van der Waals surface area contributed by atoms with E-state index in [0.29, 0.717) is 140 Å². The van der Waals surface area contributed by atoms with Crippen LogP contribution < -0.4 is 75.2 Å². The number of aliphatic imine (C=N–C) groups is 4. The van der Waals surface area contributed by atoms with Gasteiger partial charge in [-0.2, -0.15) is 13.2 Å². The summed E-state index contributed by atoms with van der Waals surface area (Å²) in [5.74, 6) is 1.93. The van der Waals surface area contributed by atoms with Gasteiger partial charge in [0.1, 0.15) is 11.6 Å². The van der Waals surface area contributed by atoms with Gasteiger partial charge in [0.2, 0.25) is 23.8 Å². The second-order valence-electron chi connectivity index (χ2n) is 36.1. The number of ether oxygens (including phenoxy) is 4. The number of halogens is 4. The Morgan fingerprint density at radius 3 is 1.14 bits per heavy atom. The highest BCUT2D eigenvalue weighted by molar-refractivity contribution is 6.17. The van der Waals surface area contributed by atoms with Gasteiger partial charge < -0.3 is 67.2 Å². The lowest BCUT2D eigenvalue weighted by Gasteiger charge is -2.42. The molecule has 3 aromatic carbocycles. The number of nitrogens with zero attached hydrogens (tertiary/aromatic N) is 17. The molecule has 8 aromatic rings. The van der Waals surface area contributed by atoms with Gasteiger partial charge in [-0.1, -0.05) is 12.1 Å². The molecule has 13 aliphatic rings. The molecule has 17 heterocycles. The quantitative estimate of drug-likeness (QED) is 0.0804. The smallest absolute Gasteiger partial charge is 0.391 e. The van der Waals surface area contributed by atoms with Crippen LogP contribution in [-0.2, 0) is 75.0 Å². The van der Waals surface area contributed by atoms with E-state index in [2.05, 4.69) is 54.6 Å². The third-order valence-electron chi connectivity index (χ3n) is 29.2. The predicted octanol–water partition coefficient (Wildman–Crippen LogP) is 6.46. The Labute approximate surface area is 714 Å². The van der Waals surface area contributed by atoms with Crippen LogP contribution in [-0.4, -0.2) is 193 Å². The van der Waals surface area contributed by atoms with Crippen molar-refractivity contribution in [3.63, 3.8) is 0 Å². The molecule has 10 N–H and O–H groups in total. The van der Waals surface area contributed by atoms with Crippen molar-refractivity contribution in [1.82, 2.24) is 43.2 Å². The zero-order valence-electron chi connectivity index (χ0n) is 71.1. The highest BCUT2D eigenvalue weighted by Crippen LogP contribution is 2.54. The first-order valence-corrected chi connectivity index (χ1v) is 43.3.